The number of benzene rings is 2. The van der Waals surface area contributed by atoms with E-state index in [1.54, 1.807) is 0 Å². The third-order valence-corrected chi connectivity index (χ3v) is 6.55. The van der Waals surface area contributed by atoms with Gasteiger partial charge in [-0.15, -0.1) is 11.6 Å². The van der Waals surface area contributed by atoms with E-state index in [-0.39, 0.29) is 0 Å². The summed E-state index contributed by atoms with van der Waals surface area (Å²) in [6.45, 7) is 5.30. The number of para-hydroxylation sites is 1. The Bertz CT molecular complexity index is 932. The average Bonchev–Trinajstić information content (AvgIpc) is 2.75. The van der Waals surface area contributed by atoms with Crippen molar-refractivity contribution < 1.29 is 0 Å². The lowest BCUT2D eigenvalue weighted by Gasteiger charge is -2.38. The molecule has 0 radical (unpaired) electrons. The van der Waals surface area contributed by atoms with Gasteiger partial charge in [0.25, 0.3) is 0 Å². The van der Waals surface area contributed by atoms with Gasteiger partial charge in [0.15, 0.2) is 0 Å². The highest BCUT2D eigenvalue weighted by Gasteiger charge is 2.24. The Morgan fingerprint density at radius 3 is 2.50 bits per heavy atom. The zero-order chi connectivity index (χ0) is 19.5. The van der Waals surface area contributed by atoms with E-state index in [1.165, 1.54) is 11.1 Å². The minimum absolute atomic E-state index is 0.581. The summed E-state index contributed by atoms with van der Waals surface area (Å²) in [5.74, 6) is 0. The molecule has 0 amide bonds. The van der Waals surface area contributed by atoms with Crippen molar-refractivity contribution >= 4 is 44.1 Å². The molecule has 5 heteroatoms. The van der Waals surface area contributed by atoms with Crippen LogP contribution in [0.1, 0.15) is 19.8 Å². The molecule has 0 unspecified atom stereocenters. The van der Waals surface area contributed by atoms with Gasteiger partial charge in [-0.25, -0.2) is 4.98 Å². The molecule has 2 heterocycles. The number of nitrogens with zero attached hydrogens (tertiary/aromatic N) is 3. The first-order chi connectivity index (χ1) is 13.7. The minimum Gasteiger partial charge on any atom is -0.371 e. The zero-order valence-corrected chi connectivity index (χ0v) is 18.5. The summed E-state index contributed by atoms with van der Waals surface area (Å²) in [4.78, 5) is 9.82. The molecule has 3 nitrogen and oxygen atoms in total. The van der Waals surface area contributed by atoms with Crippen LogP contribution in [0.2, 0.25) is 0 Å². The number of aromatic nitrogens is 1. The molecule has 1 aromatic heterocycles. The van der Waals surface area contributed by atoms with E-state index < -0.39 is 0 Å². The highest BCUT2D eigenvalue weighted by Crippen LogP contribution is 2.33. The van der Waals surface area contributed by atoms with E-state index in [4.69, 9.17) is 16.6 Å². The van der Waals surface area contributed by atoms with Gasteiger partial charge in [-0.05, 0) is 43.7 Å². The number of halogens is 2. The first-order valence-corrected chi connectivity index (χ1v) is 11.2. The Morgan fingerprint density at radius 2 is 1.82 bits per heavy atom. The van der Waals surface area contributed by atoms with Crippen molar-refractivity contribution in [1.29, 1.82) is 0 Å². The molecule has 1 saturated heterocycles. The van der Waals surface area contributed by atoms with E-state index in [2.05, 4.69) is 87.3 Å². The molecular weight excluding hydrogens is 434 g/mol. The van der Waals surface area contributed by atoms with Crippen LogP contribution in [0, 0.1) is 0 Å². The second-order valence-corrected chi connectivity index (χ2v) is 8.45. The first-order valence-electron chi connectivity index (χ1n) is 9.90. The van der Waals surface area contributed by atoms with Crippen LogP contribution >= 0.6 is 27.5 Å². The van der Waals surface area contributed by atoms with Crippen LogP contribution in [-0.2, 0) is 0 Å². The first kappa shape index (κ1) is 19.7. The summed E-state index contributed by atoms with van der Waals surface area (Å²) < 4.78 is 1.08. The second-order valence-electron chi connectivity index (χ2n) is 7.29. The van der Waals surface area contributed by atoms with Gasteiger partial charge in [0.2, 0.25) is 0 Å². The normalized spacial score (nSPS) is 15.5. The standard InChI is InChI=1S/C23H25BrClN3/c1-2-27(16-25)19-11-13-28(14-12-19)23-15-22(17-7-9-18(24)10-8-17)26-21-6-4-3-5-20(21)23/h3-10,15,19H,2,11-14,16H2,1H3. The van der Waals surface area contributed by atoms with Crippen molar-refractivity contribution in [3.63, 3.8) is 0 Å². The lowest BCUT2D eigenvalue weighted by molar-refractivity contribution is 0.206. The lowest BCUT2D eigenvalue weighted by atomic mass is 10.0. The summed E-state index contributed by atoms with van der Waals surface area (Å²) in [6, 6.07) is 20.3. The highest BCUT2D eigenvalue weighted by atomic mass is 79.9. The molecule has 146 valence electrons. The maximum Gasteiger partial charge on any atom is 0.0740 e. The van der Waals surface area contributed by atoms with Crippen LogP contribution in [0.3, 0.4) is 0 Å². The highest BCUT2D eigenvalue weighted by molar-refractivity contribution is 9.10. The van der Waals surface area contributed by atoms with Crippen molar-refractivity contribution in [2.45, 2.75) is 25.8 Å². The smallest absolute Gasteiger partial charge is 0.0740 e. The SMILES string of the molecule is CCN(CCl)C1CCN(c2cc(-c3ccc(Br)cc3)nc3ccccc23)CC1. The summed E-state index contributed by atoms with van der Waals surface area (Å²) in [6.07, 6.45) is 2.29. The maximum atomic E-state index is 6.13. The van der Waals surface area contributed by atoms with E-state index in [1.807, 2.05) is 0 Å². The fourth-order valence-electron chi connectivity index (χ4n) is 4.10. The molecule has 0 aliphatic carbocycles. The third-order valence-electron chi connectivity index (χ3n) is 5.72. The summed E-state index contributed by atoms with van der Waals surface area (Å²) in [5, 5.41) is 1.23. The predicted octanol–water partition coefficient (Wildman–Crippen LogP) is 6.15. The molecule has 1 aliphatic rings. The van der Waals surface area contributed by atoms with Crippen molar-refractivity contribution in [2.75, 3.05) is 30.5 Å². The zero-order valence-electron chi connectivity index (χ0n) is 16.1. The van der Waals surface area contributed by atoms with Gasteiger partial charge in [0, 0.05) is 40.2 Å². The van der Waals surface area contributed by atoms with Crippen LogP contribution in [0.25, 0.3) is 22.2 Å². The minimum atomic E-state index is 0.581. The molecule has 1 fully saturated rings. The van der Waals surface area contributed by atoms with Gasteiger partial charge in [0.1, 0.15) is 0 Å². The lowest BCUT2D eigenvalue weighted by Crippen LogP contribution is -2.44. The quantitative estimate of drug-likeness (QED) is 0.337. The van der Waals surface area contributed by atoms with Gasteiger partial charge in [-0.3, -0.25) is 4.90 Å². The van der Waals surface area contributed by atoms with Gasteiger partial charge >= 0.3 is 0 Å². The molecule has 3 aromatic rings. The fraction of sp³-hybridized carbons (Fsp3) is 0.348. The third kappa shape index (κ3) is 4.05. The molecule has 2 aromatic carbocycles. The summed E-state index contributed by atoms with van der Waals surface area (Å²) in [5.41, 5.74) is 4.51. The largest absolute Gasteiger partial charge is 0.371 e. The summed E-state index contributed by atoms with van der Waals surface area (Å²) >= 11 is 9.65. The van der Waals surface area contributed by atoms with E-state index >= 15 is 0 Å². The van der Waals surface area contributed by atoms with Crippen LogP contribution < -0.4 is 4.90 Å². The average molecular weight is 459 g/mol. The number of hydrogen-bond donors (Lipinski definition) is 0. The van der Waals surface area contributed by atoms with E-state index in [0.29, 0.717) is 12.0 Å². The van der Waals surface area contributed by atoms with Crippen molar-refractivity contribution in [3.8, 4) is 11.3 Å². The molecule has 1 aliphatic heterocycles. The van der Waals surface area contributed by atoms with Crippen LogP contribution in [0.15, 0.2) is 59.1 Å². The Labute approximate surface area is 180 Å². The molecule has 0 spiro atoms. The number of pyridine rings is 1. The Balaban J connectivity index is 1.67. The van der Waals surface area contributed by atoms with Crippen molar-refractivity contribution in [2.24, 2.45) is 0 Å². The molecule has 0 atom stereocenters. The Hall–Kier alpha value is -1.62. The van der Waals surface area contributed by atoms with Gasteiger partial charge in [-0.2, -0.15) is 0 Å². The monoisotopic (exact) mass is 457 g/mol. The van der Waals surface area contributed by atoms with E-state index in [0.717, 1.165) is 53.7 Å². The second kappa shape index (κ2) is 8.81. The van der Waals surface area contributed by atoms with Crippen molar-refractivity contribution in [1.82, 2.24) is 9.88 Å². The number of rotatable bonds is 5. The maximum absolute atomic E-state index is 6.13. The number of alkyl halides is 1. The number of fused-ring (bicyclic) bond motifs is 1. The number of anilines is 1. The molecule has 4 rings (SSSR count). The van der Waals surface area contributed by atoms with Gasteiger partial charge in [-0.1, -0.05) is 53.2 Å². The molecule has 0 saturated carbocycles. The molecule has 0 N–H and O–H groups in total. The fourth-order valence-corrected chi connectivity index (χ4v) is 4.73. The van der Waals surface area contributed by atoms with Gasteiger partial charge < -0.3 is 4.90 Å². The number of hydrogen-bond acceptors (Lipinski definition) is 3. The molecule has 28 heavy (non-hydrogen) atoms. The predicted molar refractivity (Wildman–Crippen MR) is 123 cm³/mol. The topological polar surface area (TPSA) is 19.4 Å². The summed E-state index contributed by atoms with van der Waals surface area (Å²) in [7, 11) is 0. The van der Waals surface area contributed by atoms with Crippen LogP contribution in [0.5, 0.6) is 0 Å². The van der Waals surface area contributed by atoms with Crippen LogP contribution in [-0.4, -0.2) is 41.6 Å². The Kier molecular flexibility index (Phi) is 6.19. The number of piperidine rings is 1. The Morgan fingerprint density at radius 1 is 1.11 bits per heavy atom. The molecular formula is C23H25BrClN3. The van der Waals surface area contributed by atoms with E-state index in [9.17, 15) is 0 Å². The molecule has 0 bridgehead atoms. The van der Waals surface area contributed by atoms with Crippen molar-refractivity contribution in [3.05, 3.63) is 59.1 Å². The van der Waals surface area contributed by atoms with Crippen LogP contribution in [0.4, 0.5) is 5.69 Å². The van der Waals surface area contributed by atoms with Gasteiger partial charge in [0.05, 0.1) is 17.2 Å².